The third kappa shape index (κ3) is 3.71. The van der Waals surface area contributed by atoms with Crippen LogP contribution in [0.15, 0.2) is 24.3 Å². The molecule has 0 heterocycles. The number of hydrogen-bond acceptors (Lipinski definition) is 3. The largest absolute Gasteiger partial charge is 0.366 e. The molecule has 110 valence electrons. The van der Waals surface area contributed by atoms with Gasteiger partial charge in [-0.3, -0.25) is 9.59 Å². The second-order valence-corrected chi connectivity index (χ2v) is 4.96. The van der Waals surface area contributed by atoms with Gasteiger partial charge in [-0.25, -0.2) is 0 Å². The first-order chi connectivity index (χ1) is 9.11. The van der Waals surface area contributed by atoms with Gasteiger partial charge in [0.25, 0.3) is 0 Å². The van der Waals surface area contributed by atoms with Crippen molar-refractivity contribution < 1.29 is 9.59 Å². The number of anilines is 1. The molecule has 6 heteroatoms. The lowest BCUT2D eigenvalue weighted by atomic mass is 9.95. The van der Waals surface area contributed by atoms with Gasteiger partial charge in [-0.15, -0.1) is 12.4 Å². The normalized spacial score (nSPS) is 21.1. The number of benzene rings is 1. The van der Waals surface area contributed by atoms with E-state index in [0.717, 1.165) is 19.3 Å². The van der Waals surface area contributed by atoms with Crippen LogP contribution in [0.2, 0.25) is 0 Å². The van der Waals surface area contributed by atoms with E-state index >= 15 is 0 Å². The fourth-order valence-electron chi connectivity index (χ4n) is 2.62. The van der Waals surface area contributed by atoms with E-state index in [-0.39, 0.29) is 30.2 Å². The van der Waals surface area contributed by atoms with E-state index in [1.807, 2.05) is 0 Å². The standard InChI is InChI=1S/C14H19N3O2.ClH/c15-8-10-2-1-3-12(10)14(19)17-11-6-4-9(5-7-11)13(16)18;/h4-7,10,12H,1-3,8,15H2,(H2,16,18)(H,17,19);1H/t10-,12-;/m1./s1. The SMILES string of the molecule is Cl.NC[C@H]1CCC[C@H]1C(=O)Nc1ccc(C(N)=O)cc1. The van der Waals surface area contributed by atoms with Gasteiger partial charge in [-0.2, -0.15) is 0 Å². The average molecular weight is 298 g/mol. The molecule has 0 spiro atoms. The molecule has 1 aromatic carbocycles. The zero-order valence-electron chi connectivity index (χ0n) is 11.2. The molecule has 1 aromatic rings. The van der Waals surface area contributed by atoms with Gasteiger partial charge in [0.15, 0.2) is 0 Å². The first kappa shape index (κ1) is 16.5. The minimum absolute atomic E-state index is 0. The van der Waals surface area contributed by atoms with Crippen LogP contribution in [-0.4, -0.2) is 18.4 Å². The molecular weight excluding hydrogens is 278 g/mol. The van der Waals surface area contributed by atoms with Crippen molar-refractivity contribution in [3.63, 3.8) is 0 Å². The Morgan fingerprint density at radius 3 is 2.40 bits per heavy atom. The van der Waals surface area contributed by atoms with Crippen LogP contribution >= 0.6 is 12.4 Å². The highest BCUT2D eigenvalue weighted by molar-refractivity contribution is 5.95. The van der Waals surface area contributed by atoms with Crippen LogP contribution in [-0.2, 0) is 4.79 Å². The second-order valence-electron chi connectivity index (χ2n) is 4.96. The van der Waals surface area contributed by atoms with Crippen LogP contribution in [0, 0.1) is 11.8 Å². The van der Waals surface area contributed by atoms with E-state index in [1.165, 1.54) is 0 Å². The maximum Gasteiger partial charge on any atom is 0.248 e. The quantitative estimate of drug-likeness (QED) is 0.786. The number of nitrogens with two attached hydrogens (primary N) is 2. The van der Waals surface area contributed by atoms with Crippen molar-refractivity contribution in [2.45, 2.75) is 19.3 Å². The van der Waals surface area contributed by atoms with Crippen LogP contribution in [0.5, 0.6) is 0 Å². The first-order valence-electron chi connectivity index (χ1n) is 6.52. The summed E-state index contributed by atoms with van der Waals surface area (Å²) < 4.78 is 0. The predicted octanol–water partition coefficient (Wildman–Crippen LogP) is 1.52. The van der Waals surface area contributed by atoms with Crippen molar-refractivity contribution in [2.75, 3.05) is 11.9 Å². The predicted molar refractivity (Wildman–Crippen MR) is 80.7 cm³/mol. The molecule has 1 fully saturated rings. The van der Waals surface area contributed by atoms with Gasteiger partial charge in [0.05, 0.1) is 0 Å². The van der Waals surface area contributed by atoms with Crippen molar-refractivity contribution in [1.82, 2.24) is 0 Å². The van der Waals surface area contributed by atoms with Gasteiger partial charge in [-0.05, 0) is 49.6 Å². The lowest BCUT2D eigenvalue weighted by Crippen LogP contribution is -2.29. The topological polar surface area (TPSA) is 98.2 Å². The molecule has 0 radical (unpaired) electrons. The number of primary amides is 1. The summed E-state index contributed by atoms with van der Waals surface area (Å²) in [5.74, 6) is -0.178. The fraction of sp³-hybridized carbons (Fsp3) is 0.429. The van der Waals surface area contributed by atoms with E-state index < -0.39 is 5.91 Å². The van der Waals surface area contributed by atoms with Crippen molar-refractivity contribution in [1.29, 1.82) is 0 Å². The first-order valence-corrected chi connectivity index (χ1v) is 6.52. The molecule has 0 aromatic heterocycles. The highest BCUT2D eigenvalue weighted by Gasteiger charge is 2.31. The van der Waals surface area contributed by atoms with Crippen LogP contribution in [0.4, 0.5) is 5.69 Å². The summed E-state index contributed by atoms with van der Waals surface area (Å²) in [5, 5.41) is 2.87. The highest BCUT2D eigenvalue weighted by atomic mass is 35.5. The summed E-state index contributed by atoms with van der Waals surface area (Å²) in [6, 6.07) is 6.58. The Labute approximate surface area is 124 Å². The summed E-state index contributed by atoms with van der Waals surface area (Å²) in [4.78, 5) is 23.1. The number of halogens is 1. The molecule has 2 amide bonds. The monoisotopic (exact) mass is 297 g/mol. The van der Waals surface area contributed by atoms with Gasteiger partial charge < -0.3 is 16.8 Å². The third-order valence-corrected chi connectivity index (χ3v) is 3.74. The molecule has 0 unspecified atom stereocenters. The number of amides is 2. The number of carbonyl (C=O) groups is 2. The molecule has 5 nitrogen and oxygen atoms in total. The lowest BCUT2D eigenvalue weighted by molar-refractivity contribution is -0.120. The van der Waals surface area contributed by atoms with Crippen molar-refractivity contribution >= 4 is 29.9 Å². The minimum Gasteiger partial charge on any atom is -0.366 e. The lowest BCUT2D eigenvalue weighted by Gasteiger charge is -2.17. The van der Waals surface area contributed by atoms with Gasteiger partial charge >= 0.3 is 0 Å². The molecule has 1 aliphatic rings. The number of hydrogen-bond donors (Lipinski definition) is 3. The minimum atomic E-state index is -0.475. The molecule has 5 N–H and O–H groups in total. The Bertz CT molecular complexity index is 476. The van der Waals surface area contributed by atoms with Gasteiger partial charge in [0.1, 0.15) is 0 Å². The number of nitrogens with one attached hydrogen (secondary N) is 1. The van der Waals surface area contributed by atoms with E-state index in [2.05, 4.69) is 5.32 Å². The van der Waals surface area contributed by atoms with Gasteiger partial charge in [0, 0.05) is 17.2 Å². The summed E-state index contributed by atoms with van der Waals surface area (Å²) in [6.45, 7) is 0.554. The van der Waals surface area contributed by atoms with Crippen LogP contribution in [0.25, 0.3) is 0 Å². The molecular formula is C14H20ClN3O2. The van der Waals surface area contributed by atoms with Crippen LogP contribution < -0.4 is 16.8 Å². The van der Waals surface area contributed by atoms with E-state index in [4.69, 9.17) is 11.5 Å². The van der Waals surface area contributed by atoms with Crippen LogP contribution in [0.3, 0.4) is 0 Å². The van der Waals surface area contributed by atoms with Gasteiger partial charge in [0.2, 0.25) is 11.8 Å². The smallest absolute Gasteiger partial charge is 0.248 e. The molecule has 0 bridgehead atoms. The zero-order chi connectivity index (χ0) is 13.8. The zero-order valence-corrected chi connectivity index (χ0v) is 12.0. The number of rotatable bonds is 4. The van der Waals surface area contributed by atoms with Crippen molar-refractivity contribution in [3.05, 3.63) is 29.8 Å². The molecule has 0 aliphatic heterocycles. The molecule has 2 atom stereocenters. The molecule has 0 saturated heterocycles. The summed E-state index contributed by atoms with van der Waals surface area (Å²) >= 11 is 0. The Balaban J connectivity index is 0.00000200. The fourth-order valence-corrected chi connectivity index (χ4v) is 2.62. The maximum absolute atomic E-state index is 12.1. The number of carbonyl (C=O) groups excluding carboxylic acids is 2. The van der Waals surface area contributed by atoms with Crippen molar-refractivity contribution in [3.8, 4) is 0 Å². The average Bonchev–Trinajstić information content (AvgIpc) is 2.87. The van der Waals surface area contributed by atoms with E-state index in [1.54, 1.807) is 24.3 Å². The highest BCUT2D eigenvalue weighted by Crippen LogP contribution is 2.31. The molecule has 20 heavy (non-hydrogen) atoms. The molecule has 1 saturated carbocycles. The summed E-state index contributed by atoms with van der Waals surface area (Å²) in [7, 11) is 0. The summed E-state index contributed by atoms with van der Waals surface area (Å²) in [5.41, 5.74) is 11.9. The molecule has 1 aliphatic carbocycles. The Morgan fingerprint density at radius 2 is 1.85 bits per heavy atom. The van der Waals surface area contributed by atoms with Gasteiger partial charge in [-0.1, -0.05) is 6.42 Å². The second kappa shape index (κ2) is 7.26. The van der Waals surface area contributed by atoms with E-state index in [0.29, 0.717) is 17.8 Å². The maximum atomic E-state index is 12.1. The Morgan fingerprint density at radius 1 is 1.20 bits per heavy atom. The Kier molecular flexibility index (Phi) is 5.98. The van der Waals surface area contributed by atoms with E-state index in [9.17, 15) is 9.59 Å². The Hall–Kier alpha value is -1.59. The third-order valence-electron chi connectivity index (χ3n) is 3.74. The molecule has 2 rings (SSSR count). The van der Waals surface area contributed by atoms with Crippen molar-refractivity contribution in [2.24, 2.45) is 23.3 Å². The summed E-state index contributed by atoms with van der Waals surface area (Å²) in [6.07, 6.45) is 2.98. The van der Waals surface area contributed by atoms with Crippen LogP contribution in [0.1, 0.15) is 29.6 Å².